The lowest BCUT2D eigenvalue weighted by Gasteiger charge is -2.09. The first-order valence-corrected chi connectivity index (χ1v) is 5.10. The van der Waals surface area contributed by atoms with Gasteiger partial charge in [0.1, 0.15) is 0 Å². The second-order valence-corrected chi connectivity index (χ2v) is 3.84. The van der Waals surface area contributed by atoms with Crippen molar-refractivity contribution in [3.63, 3.8) is 0 Å². The molecule has 0 spiro atoms. The van der Waals surface area contributed by atoms with E-state index in [1.165, 1.54) is 0 Å². The monoisotopic (exact) mass is 162 g/mol. The molecule has 0 aromatic heterocycles. The van der Waals surface area contributed by atoms with Gasteiger partial charge in [-0.3, -0.25) is 0 Å². The van der Waals surface area contributed by atoms with Crippen LogP contribution in [0.25, 0.3) is 0 Å². The molecule has 0 saturated carbocycles. The smallest absolute Gasteiger partial charge is 0.384 e. The highest BCUT2D eigenvalue weighted by Gasteiger charge is 2.10. The molecule has 61 valence electrons. The fourth-order valence-corrected chi connectivity index (χ4v) is 1.92. The highest BCUT2D eigenvalue weighted by atomic mass is 28.3. The van der Waals surface area contributed by atoms with Crippen molar-refractivity contribution >= 4 is 9.28 Å². The zero-order valence-electron chi connectivity index (χ0n) is 6.72. The molecule has 0 bridgehead atoms. The molecule has 0 atom stereocenters. The van der Waals surface area contributed by atoms with Crippen molar-refractivity contribution in [3.8, 4) is 0 Å². The van der Waals surface area contributed by atoms with Gasteiger partial charge in [-0.25, -0.2) is 0 Å². The van der Waals surface area contributed by atoms with Gasteiger partial charge in [0.2, 0.25) is 0 Å². The van der Waals surface area contributed by atoms with Crippen molar-refractivity contribution in [2.75, 3.05) is 20.3 Å². The minimum absolute atomic E-state index is 0.727. The van der Waals surface area contributed by atoms with E-state index in [4.69, 9.17) is 14.6 Å². The van der Waals surface area contributed by atoms with E-state index >= 15 is 0 Å². The van der Waals surface area contributed by atoms with E-state index in [0.717, 1.165) is 25.6 Å². The molecule has 4 heteroatoms. The Labute approximate surface area is 64.4 Å². The van der Waals surface area contributed by atoms with Gasteiger partial charge in [-0.1, -0.05) is 0 Å². The van der Waals surface area contributed by atoms with Crippen LogP contribution < -0.4 is 5.73 Å². The molecule has 2 N–H and O–H groups in total. The molecule has 0 saturated heterocycles. The summed E-state index contributed by atoms with van der Waals surface area (Å²) in [6, 6.07) is 0.992. The molecule has 0 amide bonds. The number of nitrogens with two attached hydrogens (primary N) is 1. The van der Waals surface area contributed by atoms with Gasteiger partial charge in [0.25, 0.3) is 0 Å². The third-order valence-electron chi connectivity index (χ3n) is 1.12. The van der Waals surface area contributed by atoms with E-state index in [1.807, 2.05) is 6.92 Å². The normalized spacial score (nSPS) is 10.8. The fraction of sp³-hybridized carbons (Fsp3) is 1.00. The Bertz CT molecular complexity index is 72.8. The van der Waals surface area contributed by atoms with Crippen LogP contribution in [0.5, 0.6) is 0 Å². The Morgan fingerprint density at radius 3 is 2.60 bits per heavy atom. The molecule has 0 heterocycles. The number of hydrogen-bond acceptors (Lipinski definition) is 3. The molecule has 3 nitrogen and oxygen atoms in total. The highest BCUT2D eigenvalue weighted by Crippen LogP contribution is 1.98. The summed E-state index contributed by atoms with van der Waals surface area (Å²) < 4.78 is 10.4. The second kappa shape index (κ2) is 7.21. The van der Waals surface area contributed by atoms with Crippen LogP contribution in [-0.4, -0.2) is 29.5 Å². The van der Waals surface area contributed by atoms with E-state index in [9.17, 15) is 0 Å². The zero-order valence-corrected chi connectivity index (χ0v) is 7.72. The maximum absolute atomic E-state index is 5.33. The number of hydrogen-bond donors (Lipinski definition) is 1. The molecule has 0 rings (SSSR count). The van der Waals surface area contributed by atoms with Crippen LogP contribution in [0.15, 0.2) is 0 Å². The first-order chi connectivity index (χ1) is 4.85. The van der Waals surface area contributed by atoms with Gasteiger partial charge in [-0.05, 0) is 25.9 Å². The zero-order chi connectivity index (χ0) is 7.82. The van der Waals surface area contributed by atoms with Gasteiger partial charge in [0.15, 0.2) is 0 Å². The Morgan fingerprint density at radius 2 is 2.20 bits per heavy atom. The lowest BCUT2D eigenvalue weighted by atomic mass is 10.5. The fourth-order valence-electron chi connectivity index (χ4n) is 0.641. The predicted octanol–water partition coefficient (Wildman–Crippen LogP) is 0.506. The molecular formula is C6H16NO2Si. The van der Waals surface area contributed by atoms with Crippen LogP contribution in [0.3, 0.4) is 0 Å². The quantitative estimate of drug-likeness (QED) is 0.579. The Hall–Kier alpha value is 0.0969. The largest absolute Gasteiger partial charge is 0.397 e. The molecule has 0 unspecified atom stereocenters. The average Bonchev–Trinajstić information content (AvgIpc) is 1.98. The molecule has 0 aromatic carbocycles. The lowest BCUT2D eigenvalue weighted by molar-refractivity contribution is 0.240. The summed E-state index contributed by atoms with van der Waals surface area (Å²) in [6.07, 6.45) is 1.00. The van der Waals surface area contributed by atoms with Crippen molar-refractivity contribution < 1.29 is 8.85 Å². The minimum Gasteiger partial charge on any atom is -0.397 e. The molecule has 0 fully saturated rings. The maximum atomic E-state index is 5.33. The summed E-state index contributed by atoms with van der Waals surface area (Å²) in [5, 5.41) is 0. The van der Waals surface area contributed by atoms with Gasteiger partial charge in [-0.2, -0.15) is 0 Å². The second-order valence-electron chi connectivity index (χ2n) is 1.90. The van der Waals surface area contributed by atoms with Crippen molar-refractivity contribution in [1.82, 2.24) is 0 Å². The van der Waals surface area contributed by atoms with E-state index in [0.29, 0.717) is 0 Å². The highest BCUT2D eigenvalue weighted by molar-refractivity contribution is 6.44. The summed E-state index contributed by atoms with van der Waals surface area (Å²) in [6.45, 7) is 3.45. The summed E-state index contributed by atoms with van der Waals surface area (Å²) >= 11 is 0. The van der Waals surface area contributed by atoms with Gasteiger partial charge in [-0.15, -0.1) is 0 Å². The van der Waals surface area contributed by atoms with Crippen LogP contribution in [0.1, 0.15) is 13.3 Å². The SMILES string of the molecule is CCO[Si](CCCN)OC. The van der Waals surface area contributed by atoms with Gasteiger partial charge in [0.05, 0.1) is 0 Å². The van der Waals surface area contributed by atoms with Crippen LogP contribution >= 0.6 is 0 Å². The first-order valence-electron chi connectivity index (χ1n) is 3.57. The molecule has 0 aliphatic carbocycles. The first kappa shape index (κ1) is 10.1. The molecule has 1 radical (unpaired) electrons. The van der Waals surface area contributed by atoms with Crippen LogP contribution in [0.2, 0.25) is 6.04 Å². The Kier molecular flexibility index (Phi) is 7.28. The van der Waals surface area contributed by atoms with Gasteiger partial charge < -0.3 is 14.6 Å². The molecule has 0 aromatic rings. The standard InChI is InChI=1S/C6H16NO2Si/c1-3-9-10(8-2)6-4-5-7/h3-7H2,1-2H3. The number of rotatable bonds is 6. The van der Waals surface area contributed by atoms with Crippen molar-refractivity contribution in [2.45, 2.75) is 19.4 Å². The Balaban J connectivity index is 3.21. The average molecular weight is 162 g/mol. The van der Waals surface area contributed by atoms with Crippen molar-refractivity contribution in [3.05, 3.63) is 0 Å². The molecular weight excluding hydrogens is 146 g/mol. The molecule has 0 aliphatic heterocycles. The van der Waals surface area contributed by atoms with Crippen molar-refractivity contribution in [1.29, 1.82) is 0 Å². The predicted molar refractivity (Wildman–Crippen MR) is 42.9 cm³/mol. The molecule has 10 heavy (non-hydrogen) atoms. The molecule has 0 aliphatic rings. The van der Waals surface area contributed by atoms with E-state index in [2.05, 4.69) is 0 Å². The lowest BCUT2D eigenvalue weighted by Crippen LogP contribution is -2.21. The minimum atomic E-state index is -0.978. The van der Waals surface area contributed by atoms with Crippen LogP contribution in [-0.2, 0) is 8.85 Å². The van der Waals surface area contributed by atoms with E-state index in [-0.39, 0.29) is 0 Å². The van der Waals surface area contributed by atoms with E-state index in [1.54, 1.807) is 7.11 Å². The van der Waals surface area contributed by atoms with E-state index < -0.39 is 9.28 Å². The summed E-state index contributed by atoms with van der Waals surface area (Å²) in [7, 11) is 0.717. The van der Waals surface area contributed by atoms with Crippen LogP contribution in [0.4, 0.5) is 0 Å². The van der Waals surface area contributed by atoms with Crippen LogP contribution in [0, 0.1) is 0 Å². The third-order valence-corrected chi connectivity index (χ3v) is 2.95. The third kappa shape index (κ3) is 4.93. The van der Waals surface area contributed by atoms with Gasteiger partial charge in [0, 0.05) is 13.7 Å². The van der Waals surface area contributed by atoms with Gasteiger partial charge >= 0.3 is 9.28 Å². The summed E-state index contributed by atoms with van der Waals surface area (Å²) in [5.74, 6) is 0. The van der Waals surface area contributed by atoms with Crippen molar-refractivity contribution in [2.24, 2.45) is 5.73 Å². The summed E-state index contributed by atoms with van der Waals surface area (Å²) in [5.41, 5.74) is 5.33. The Morgan fingerprint density at radius 1 is 1.50 bits per heavy atom. The maximum Gasteiger partial charge on any atom is 0.384 e. The topological polar surface area (TPSA) is 44.5 Å². The summed E-state index contributed by atoms with van der Waals surface area (Å²) in [4.78, 5) is 0.